The zero-order chi connectivity index (χ0) is 23.1. The van der Waals surface area contributed by atoms with Crippen LogP contribution in [0.25, 0.3) is 10.8 Å². The molecule has 0 amide bonds. The fourth-order valence-electron chi connectivity index (χ4n) is 1.13. The molecule has 0 saturated heterocycles. The predicted octanol–water partition coefficient (Wildman–Crippen LogP) is 6.06. The highest BCUT2D eigenvalue weighted by Gasteiger charge is 1.85. The molecule has 34 heavy (non-hydrogen) atoms. The van der Waals surface area contributed by atoms with Crippen molar-refractivity contribution in [2.75, 3.05) is 0 Å². The zero-order valence-electron chi connectivity index (χ0n) is 14.1. The van der Waals surface area contributed by atoms with Gasteiger partial charge in [0.25, 0.3) is 0 Å². The van der Waals surface area contributed by atoms with E-state index in [9.17, 15) is 0 Å². The second-order valence-electron chi connectivity index (χ2n) is 2.96. The van der Waals surface area contributed by atoms with Crippen molar-refractivity contribution in [3.63, 3.8) is 0 Å². The fraction of sp³-hybridized carbons (Fsp3) is 0.273. The zero-order valence-corrected chi connectivity index (χ0v) is 14.1. The van der Waals surface area contributed by atoms with Crippen LogP contribution >= 0.6 is 0 Å². The van der Waals surface area contributed by atoms with E-state index in [-0.39, 0.29) is 44.6 Å². The van der Waals surface area contributed by atoms with Gasteiger partial charge in [0, 0.05) is 0 Å². The van der Waals surface area contributed by atoms with E-state index in [0.29, 0.717) is 0 Å². The lowest BCUT2D eigenvalue weighted by atomic mass is 10.1. The fourth-order valence-corrected chi connectivity index (χ4v) is 1.13. The van der Waals surface area contributed by atoms with E-state index in [0.717, 1.165) is 36.5 Å². The third-order valence-electron chi connectivity index (χ3n) is 1.66. The monoisotopic (exact) mass is 482 g/mol. The molecule has 0 aliphatic heterocycles. The Balaban J connectivity index is -0.0000000216. The van der Waals surface area contributed by atoms with Crippen molar-refractivity contribution in [1.29, 1.82) is 32.5 Å². The third kappa shape index (κ3) is 108. The maximum Gasteiger partial charge on any atom is 0.231 e. The molecule has 192 valence electrons. The molecule has 0 aromatic heterocycles. The molecular formula is C22H38N6O6. The summed E-state index contributed by atoms with van der Waals surface area (Å²) in [7, 11) is 0. The summed E-state index contributed by atoms with van der Waals surface area (Å²) >= 11 is 0. The van der Waals surface area contributed by atoms with Crippen molar-refractivity contribution in [3.8, 4) is 0 Å². The lowest BCUT2D eigenvalue weighted by Gasteiger charge is -1.92. The van der Waals surface area contributed by atoms with Crippen LogP contribution in [0.3, 0.4) is 0 Å². The van der Waals surface area contributed by atoms with Gasteiger partial charge in [-0.2, -0.15) is 0 Å². The van der Waals surface area contributed by atoms with Gasteiger partial charge in [-0.1, -0.05) is 93.1 Å². The molecular weight excluding hydrogens is 444 g/mol. The van der Waals surface area contributed by atoms with Crippen molar-refractivity contribution in [3.05, 3.63) is 48.5 Å². The lowest BCUT2D eigenvalue weighted by molar-refractivity contribution is 0.562. The Morgan fingerprint density at radius 3 is 0.529 bits per heavy atom. The predicted molar refractivity (Wildman–Crippen MR) is 135 cm³/mol. The van der Waals surface area contributed by atoms with Crippen molar-refractivity contribution in [2.24, 2.45) is 0 Å². The average molecular weight is 483 g/mol. The van der Waals surface area contributed by atoms with Crippen LogP contribution in [0.1, 0.15) is 44.6 Å². The van der Waals surface area contributed by atoms with Crippen LogP contribution in [0.5, 0.6) is 0 Å². The van der Waals surface area contributed by atoms with E-state index < -0.39 is 0 Å². The number of hydrogen-bond donors (Lipinski definition) is 6. The molecule has 12 nitrogen and oxygen atoms in total. The van der Waals surface area contributed by atoms with E-state index in [1.54, 1.807) is 0 Å². The smallest absolute Gasteiger partial charge is 0.222 e. The molecule has 12 heteroatoms. The van der Waals surface area contributed by atoms with Crippen molar-refractivity contribution in [1.82, 2.24) is 0 Å². The summed E-state index contributed by atoms with van der Waals surface area (Å²) in [6, 6.07) is 16.7. The van der Waals surface area contributed by atoms with Crippen LogP contribution in [-0.4, -0.2) is 36.5 Å². The van der Waals surface area contributed by atoms with Crippen LogP contribution in [0, 0.1) is 32.5 Å². The summed E-state index contributed by atoms with van der Waals surface area (Å²) in [4.78, 5) is 50.1. The minimum Gasteiger partial charge on any atom is -0.222 e. The minimum atomic E-state index is 0. The highest BCUT2D eigenvalue weighted by Crippen LogP contribution is 2.11. The average Bonchev–Trinajstić information content (AvgIpc) is 2.66. The molecule has 0 heterocycles. The summed E-state index contributed by atoms with van der Waals surface area (Å²) < 4.78 is 0. The van der Waals surface area contributed by atoms with Gasteiger partial charge in [0.05, 0.1) is 0 Å². The standard InChI is InChI=1S/C10H8.6CHNO.6CH4/c1-2-6-10-8-4-3-7-9(10)5-1;6*2-1-3;;;;;;/h1-8H;6*2H;6*1H4. The summed E-state index contributed by atoms with van der Waals surface area (Å²) in [6.45, 7) is 0. The molecule has 0 bridgehead atoms. The number of benzene rings is 2. The highest BCUT2D eigenvalue weighted by atomic mass is 16.1. The first kappa shape index (κ1) is 70.2. The summed E-state index contributed by atoms with van der Waals surface area (Å²) in [6.07, 6.45) is 4.50. The van der Waals surface area contributed by atoms with Gasteiger partial charge in [-0.05, 0) is 10.8 Å². The largest absolute Gasteiger partial charge is 0.231 e. The van der Waals surface area contributed by atoms with Crippen LogP contribution in [0.2, 0.25) is 0 Å². The van der Waals surface area contributed by atoms with Gasteiger partial charge in [0.1, 0.15) is 0 Å². The van der Waals surface area contributed by atoms with E-state index in [4.69, 9.17) is 61.2 Å². The molecule has 6 N–H and O–H groups in total. The van der Waals surface area contributed by atoms with Crippen molar-refractivity contribution in [2.45, 2.75) is 44.6 Å². The Bertz CT molecular complexity index is 677. The van der Waals surface area contributed by atoms with Gasteiger partial charge in [0.2, 0.25) is 36.5 Å². The summed E-state index contributed by atoms with van der Waals surface area (Å²) in [5, 5.41) is 35.0. The van der Waals surface area contributed by atoms with E-state index in [1.807, 2.05) is 0 Å². The first-order chi connectivity index (χ1) is 13.5. The normalized spacial score (nSPS) is 4.35. The van der Waals surface area contributed by atoms with E-state index in [2.05, 4.69) is 48.5 Å². The molecule has 0 spiro atoms. The molecule has 0 saturated carbocycles. The molecule has 0 radical (unpaired) electrons. The maximum absolute atomic E-state index is 8.35. The molecule has 2 aromatic carbocycles. The van der Waals surface area contributed by atoms with Crippen LogP contribution in [0.15, 0.2) is 48.5 Å². The Morgan fingerprint density at radius 1 is 0.353 bits per heavy atom. The van der Waals surface area contributed by atoms with Gasteiger partial charge in [-0.3, -0.25) is 0 Å². The summed E-state index contributed by atoms with van der Waals surface area (Å²) in [5.41, 5.74) is 0. The Hall–Kier alpha value is -5.02. The van der Waals surface area contributed by atoms with E-state index in [1.165, 1.54) is 10.8 Å². The van der Waals surface area contributed by atoms with Gasteiger partial charge >= 0.3 is 0 Å². The van der Waals surface area contributed by atoms with Crippen molar-refractivity contribution >= 4 is 47.3 Å². The van der Waals surface area contributed by atoms with Gasteiger partial charge in [0.15, 0.2) is 0 Å². The van der Waals surface area contributed by atoms with E-state index >= 15 is 0 Å². The van der Waals surface area contributed by atoms with Crippen molar-refractivity contribution < 1.29 is 28.8 Å². The number of rotatable bonds is 0. The molecule has 0 aliphatic rings. The van der Waals surface area contributed by atoms with Gasteiger partial charge in [-0.15, -0.1) is 0 Å². The van der Waals surface area contributed by atoms with Crippen LogP contribution in [-0.2, 0) is 28.8 Å². The number of carbonyl (C=O) groups excluding carboxylic acids is 6. The number of fused-ring (bicyclic) bond motifs is 1. The number of isocyanates is 6. The summed E-state index contributed by atoms with van der Waals surface area (Å²) in [5.74, 6) is 0. The Labute approximate surface area is 202 Å². The third-order valence-corrected chi connectivity index (χ3v) is 1.66. The second-order valence-corrected chi connectivity index (χ2v) is 2.96. The molecule has 0 aliphatic carbocycles. The maximum atomic E-state index is 8.35. The Morgan fingerprint density at radius 2 is 0.441 bits per heavy atom. The van der Waals surface area contributed by atoms with Gasteiger partial charge in [-0.25, -0.2) is 61.2 Å². The molecule has 0 atom stereocenters. The quantitative estimate of drug-likeness (QED) is 0.192. The highest BCUT2D eigenvalue weighted by molar-refractivity contribution is 5.81. The Kier molecular flexibility index (Phi) is 187. The molecule has 2 rings (SSSR count). The SMILES string of the molecule is C.C.C.C.C.C.N=C=O.N=C=O.N=C=O.N=C=O.N=C=O.N=C=O.c1ccc2ccccc2c1. The van der Waals surface area contributed by atoms with Gasteiger partial charge < -0.3 is 0 Å². The first-order valence-electron chi connectivity index (χ1n) is 6.13. The topological polar surface area (TPSA) is 246 Å². The molecule has 0 fully saturated rings. The second kappa shape index (κ2) is 90.8. The molecule has 2 aromatic rings. The first-order valence-corrected chi connectivity index (χ1v) is 6.13. The number of nitrogens with one attached hydrogen (secondary N) is 6. The lowest BCUT2D eigenvalue weighted by Crippen LogP contribution is -1.67. The number of hydrogen-bond acceptors (Lipinski definition) is 12. The van der Waals surface area contributed by atoms with Crippen LogP contribution < -0.4 is 0 Å². The van der Waals surface area contributed by atoms with Crippen LogP contribution in [0.4, 0.5) is 0 Å². The minimum absolute atomic E-state index is 0. The molecule has 0 unspecified atom stereocenters.